The van der Waals surface area contributed by atoms with Crippen LogP contribution in [0.25, 0.3) is 0 Å². The van der Waals surface area contributed by atoms with E-state index >= 15 is 0 Å². The van der Waals surface area contributed by atoms with Crippen molar-refractivity contribution in [2.24, 2.45) is 11.1 Å². The Morgan fingerprint density at radius 3 is 2.38 bits per heavy atom. The number of carboxylic acids is 1. The van der Waals surface area contributed by atoms with E-state index in [1.807, 2.05) is 0 Å². The van der Waals surface area contributed by atoms with E-state index in [1.165, 1.54) is 12.8 Å². The van der Waals surface area contributed by atoms with Gasteiger partial charge in [-0.3, -0.25) is 4.79 Å². The van der Waals surface area contributed by atoms with E-state index in [4.69, 9.17) is 10.8 Å². The molecule has 0 aromatic rings. The second-order valence-electron chi connectivity index (χ2n) is 3.88. The standard InChI is InChI=1S/C10H21NO2/c1-3-4-5-6-7-10(2,8-11)9(12)13/h3-8,11H2,1-2H3,(H,12,13)/t10-/m0/s1. The Kier molecular flexibility index (Phi) is 5.71. The molecule has 3 nitrogen and oxygen atoms in total. The third kappa shape index (κ3) is 4.27. The highest BCUT2D eigenvalue weighted by atomic mass is 16.4. The fourth-order valence-corrected chi connectivity index (χ4v) is 1.24. The van der Waals surface area contributed by atoms with Crippen LogP contribution in [0, 0.1) is 5.41 Å². The summed E-state index contributed by atoms with van der Waals surface area (Å²) in [5.41, 5.74) is 4.73. The van der Waals surface area contributed by atoms with Gasteiger partial charge in [-0.2, -0.15) is 0 Å². The Morgan fingerprint density at radius 2 is 2.00 bits per heavy atom. The molecule has 0 aliphatic carbocycles. The molecule has 3 N–H and O–H groups in total. The quantitative estimate of drug-likeness (QED) is 0.599. The van der Waals surface area contributed by atoms with E-state index in [9.17, 15) is 4.79 Å². The summed E-state index contributed by atoms with van der Waals surface area (Å²) in [6.07, 6.45) is 5.12. The molecule has 0 spiro atoms. The number of unbranched alkanes of at least 4 members (excludes halogenated alkanes) is 3. The molecule has 78 valence electrons. The van der Waals surface area contributed by atoms with Crippen LogP contribution in [0.4, 0.5) is 0 Å². The monoisotopic (exact) mass is 187 g/mol. The molecule has 13 heavy (non-hydrogen) atoms. The van der Waals surface area contributed by atoms with Gasteiger partial charge in [0, 0.05) is 6.54 Å². The summed E-state index contributed by atoms with van der Waals surface area (Å²) in [5.74, 6) is -0.772. The summed E-state index contributed by atoms with van der Waals surface area (Å²) in [6, 6.07) is 0. The first-order valence-corrected chi connectivity index (χ1v) is 5.00. The van der Waals surface area contributed by atoms with E-state index in [2.05, 4.69) is 6.92 Å². The second kappa shape index (κ2) is 5.97. The molecule has 0 unspecified atom stereocenters. The highest BCUT2D eigenvalue weighted by Crippen LogP contribution is 2.23. The van der Waals surface area contributed by atoms with Crippen molar-refractivity contribution in [1.29, 1.82) is 0 Å². The van der Waals surface area contributed by atoms with E-state index in [1.54, 1.807) is 6.92 Å². The summed E-state index contributed by atoms with van der Waals surface area (Å²) < 4.78 is 0. The molecule has 0 amide bonds. The van der Waals surface area contributed by atoms with Gasteiger partial charge in [0.25, 0.3) is 0 Å². The van der Waals surface area contributed by atoms with Crippen LogP contribution in [-0.2, 0) is 4.79 Å². The van der Waals surface area contributed by atoms with Gasteiger partial charge in [-0.1, -0.05) is 32.6 Å². The van der Waals surface area contributed by atoms with Crippen molar-refractivity contribution in [1.82, 2.24) is 0 Å². The van der Waals surface area contributed by atoms with Crippen LogP contribution in [0.3, 0.4) is 0 Å². The van der Waals surface area contributed by atoms with Crippen molar-refractivity contribution in [3.05, 3.63) is 0 Å². The first-order valence-electron chi connectivity index (χ1n) is 5.00. The van der Waals surface area contributed by atoms with Crippen molar-refractivity contribution in [3.63, 3.8) is 0 Å². The van der Waals surface area contributed by atoms with Gasteiger partial charge in [-0.25, -0.2) is 0 Å². The molecular weight excluding hydrogens is 166 g/mol. The molecular formula is C10H21NO2. The minimum absolute atomic E-state index is 0.231. The third-order valence-electron chi connectivity index (χ3n) is 2.55. The summed E-state index contributed by atoms with van der Waals surface area (Å²) in [7, 11) is 0. The van der Waals surface area contributed by atoms with E-state index in [0.29, 0.717) is 6.42 Å². The summed E-state index contributed by atoms with van der Waals surface area (Å²) in [5, 5.41) is 8.91. The predicted molar refractivity (Wildman–Crippen MR) is 53.6 cm³/mol. The van der Waals surface area contributed by atoms with Gasteiger partial charge in [0.05, 0.1) is 5.41 Å². The zero-order chi connectivity index (χ0) is 10.3. The lowest BCUT2D eigenvalue weighted by Gasteiger charge is -2.22. The SMILES string of the molecule is CCCCCC[C@@](C)(CN)C(=O)O. The molecule has 0 aliphatic rings. The van der Waals surface area contributed by atoms with Crippen LogP contribution < -0.4 is 5.73 Å². The Morgan fingerprint density at radius 1 is 1.38 bits per heavy atom. The second-order valence-corrected chi connectivity index (χ2v) is 3.88. The van der Waals surface area contributed by atoms with Crippen molar-refractivity contribution < 1.29 is 9.90 Å². The lowest BCUT2D eigenvalue weighted by atomic mass is 9.85. The van der Waals surface area contributed by atoms with Gasteiger partial charge < -0.3 is 10.8 Å². The fraction of sp³-hybridized carbons (Fsp3) is 0.900. The van der Waals surface area contributed by atoms with Crippen molar-refractivity contribution in [2.45, 2.75) is 46.0 Å². The van der Waals surface area contributed by atoms with Crippen LogP contribution >= 0.6 is 0 Å². The summed E-state index contributed by atoms with van der Waals surface area (Å²) in [6.45, 7) is 4.09. The molecule has 3 heteroatoms. The van der Waals surface area contributed by atoms with E-state index < -0.39 is 11.4 Å². The molecule has 0 aromatic heterocycles. The zero-order valence-corrected chi connectivity index (χ0v) is 8.68. The lowest BCUT2D eigenvalue weighted by Crippen LogP contribution is -2.35. The third-order valence-corrected chi connectivity index (χ3v) is 2.55. The van der Waals surface area contributed by atoms with E-state index in [-0.39, 0.29) is 6.54 Å². The van der Waals surface area contributed by atoms with E-state index in [0.717, 1.165) is 12.8 Å². The minimum atomic E-state index is -0.772. The molecule has 0 bridgehead atoms. The molecule has 0 radical (unpaired) electrons. The fourth-order valence-electron chi connectivity index (χ4n) is 1.24. The molecule has 0 fully saturated rings. The maximum atomic E-state index is 10.8. The largest absolute Gasteiger partial charge is 0.481 e. The van der Waals surface area contributed by atoms with Gasteiger partial charge in [-0.15, -0.1) is 0 Å². The summed E-state index contributed by atoms with van der Waals surface area (Å²) in [4.78, 5) is 10.8. The number of aliphatic carboxylic acids is 1. The predicted octanol–water partition coefficient (Wildman–Crippen LogP) is 2.01. The molecule has 0 aliphatic heterocycles. The van der Waals surface area contributed by atoms with Gasteiger partial charge >= 0.3 is 5.97 Å². The van der Waals surface area contributed by atoms with Crippen LogP contribution in [-0.4, -0.2) is 17.6 Å². The molecule has 1 atom stereocenters. The van der Waals surface area contributed by atoms with Gasteiger partial charge in [0.2, 0.25) is 0 Å². The molecule has 0 saturated heterocycles. The van der Waals surface area contributed by atoms with Crippen molar-refractivity contribution in [3.8, 4) is 0 Å². The maximum Gasteiger partial charge on any atom is 0.310 e. The van der Waals surface area contributed by atoms with Gasteiger partial charge in [0.1, 0.15) is 0 Å². The average Bonchev–Trinajstić information content (AvgIpc) is 2.12. The van der Waals surface area contributed by atoms with Crippen LogP contribution in [0.2, 0.25) is 0 Å². The number of carboxylic acid groups (broad SMARTS) is 1. The Bertz CT molecular complexity index is 159. The number of hydrogen-bond donors (Lipinski definition) is 2. The lowest BCUT2D eigenvalue weighted by molar-refractivity contribution is -0.147. The van der Waals surface area contributed by atoms with Crippen LogP contribution in [0.15, 0.2) is 0 Å². The normalized spacial score (nSPS) is 15.3. The molecule has 0 saturated carbocycles. The topological polar surface area (TPSA) is 63.3 Å². The number of carbonyl (C=O) groups is 1. The molecule has 0 aromatic carbocycles. The average molecular weight is 187 g/mol. The first-order chi connectivity index (χ1) is 6.06. The summed E-state index contributed by atoms with van der Waals surface area (Å²) >= 11 is 0. The van der Waals surface area contributed by atoms with Gasteiger partial charge in [0.15, 0.2) is 0 Å². The van der Waals surface area contributed by atoms with Crippen molar-refractivity contribution >= 4 is 5.97 Å². The number of rotatable bonds is 7. The van der Waals surface area contributed by atoms with Crippen molar-refractivity contribution in [2.75, 3.05) is 6.54 Å². The molecule has 0 heterocycles. The Balaban J connectivity index is 3.78. The number of nitrogens with two attached hydrogens (primary N) is 1. The zero-order valence-electron chi connectivity index (χ0n) is 8.68. The number of hydrogen-bond acceptors (Lipinski definition) is 2. The highest BCUT2D eigenvalue weighted by Gasteiger charge is 2.30. The smallest absolute Gasteiger partial charge is 0.310 e. The Labute approximate surface area is 80.3 Å². The minimum Gasteiger partial charge on any atom is -0.481 e. The van der Waals surface area contributed by atoms with Gasteiger partial charge in [-0.05, 0) is 13.3 Å². The van der Waals surface area contributed by atoms with Crippen LogP contribution in [0.5, 0.6) is 0 Å². The molecule has 0 rings (SSSR count). The maximum absolute atomic E-state index is 10.8. The highest BCUT2D eigenvalue weighted by molar-refractivity contribution is 5.74. The van der Waals surface area contributed by atoms with Crippen LogP contribution in [0.1, 0.15) is 46.0 Å². The Hall–Kier alpha value is -0.570. The first kappa shape index (κ1) is 12.4.